The summed E-state index contributed by atoms with van der Waals surface area (Å²) in [6.07, 6.45) is 21.0. The minimum absolute atomic E-state index is 0.257. The number of hydrogen-bond acceptors (Lipinski definition) is 8. The molecule has 0 amide bonds. The number of hydrogen-bond donors (Lipinski definition) is 4. The molecule has 0 aromatic heterocycles. The van der Waals surface area contributed by atoms with Gasteiger partial charge >= 0.3 is 0 Å². The molecule has 1 aromatic rings. The molecule has 2 aliphatic carbocycles. The van der Waals surface area contributed by atoms with Gasteiger partial charge in [0.15, 0.2) is 0 Å². The van der Waals surface area contributed by atoms with E-state index in [1.807, 2.05) is 46.8 Å². The molecule has 2 aliphatic rings. The third-order valence-electron chi connectivity index (χ3n) is 6.73. The molecule has 0 saturated carbocycles. The Kier molecular flexibility index (Phi) is 39.5. The summed E-state index contributed by atoms with van der Waals surface area (Å²) in [5.41, 5.74) is 2.64. The SMILES string of the molecule is C=C(/C=C\CF)S/C(=C\CN(CCCSOC)C1=C(S)C=CC2C=c3ccccc3=C(C)C1C2)NCS.C=C/C=C\C.CC.CC.CCC.CO. The zero-order chi connectivity index (χ0) is 39.5. The van der Waals surface area contributed by atoms with Crippen LogP contribution in [0.1, 0.15) is 74.7 Å². The summed E-state index contributed by atoms with van der Waals surface area (Å²) >= 11 is 12.4. The summed E-state index contributed by atoms with van der Waals surface area (Å²) < 4.78 is 17.8. The number of aliphatic hydroxyl groups is 1. The zero-order valence-corrected chi connectivity index (χ0v) is 36.5. The highest BCUT2D eigenvalue weighted by molar-refractivity contribution is 8.06. The van der Waals surface area contributed by atoms with Gasteiger partial charge in [0.25, 0.3) is 0 Å². The molecule has 2 N–H and O–H groups in total. The second kappa shape index (κ2) is 37.7. The van der Waals surface area contributed by atoms with Gasteiger partial charge in [0, 0.05) is 47.4 Å². The van der Waals surface area contributed by atoms with Gasteiger partial charge in [-0.1, -0.05) is 151 Å². The number of allylic oxidation sites excluding steroid dienone is 8. The van der Waals surface area contributed by atoms with Crippen LogP contribution in [0, 0.1) is 11.8 Å². The van der Waals surface area contributed by atoms with E-state index in [9.17, 15) is 4.39 Å². The van der Waals surface area contributed by atoms with Crippen molar-refractivity contribution in [2.75, 3.05) is 45.6 Å². The number of aliphatic hydroxyl groups excluding tert-OH is 1. The number of rotatable bonds is 15. The number of halogens is 1. The van der Waals surface area contributed by atoms with E-state index in [4.69, 9.17) is 21.9 Å². The van der Waals surface area contributed by atoms with Crippen molar-refractivity contribution in [3.63, 3.8) is 0 Å². The molecule has 4 nitrogen and oxygen atoms in total. The number of alkyl halides is 1. The van der Waals surface area contributed by atoms with Gasteiger partial charge in [-0.05, 0) is 61.2 Å². The molecule has 0 saturated heterocycles. The Morgan fingerprint density at radius 1 is 1.18 bits per heavy atom. The molecule has 290 valence electrons. The van der Waals surface area contributed by atoms with Gasteiger partial charge in [0.2, 0.25) is 0 Å². The third-order valence-corrected chi connectivity index (χ3v) is 8.89. The molecule has 2 bridgehead atoms. The Balaban J connectivity index is -0.00000143. The zero-order valence-electron chi connectivity index (χ0n) is 33.1. The van der Waals surface area contributed by atoms with Crippen molar-refractivity contribution >= 4 is 60.7 Å². The molecule has 0 fully saturated rings. The summed E-state index contributed by atoms with van der Waals surface area (Å²) in [5.74, 6) is 2.02. The molecular weight excluding hydrogens is 712 g/mol. The lowest BCUT2D eigenvalue weighted by molar-refractivity contribution is 0.339. The average Bonchev–Trinajstić information content (AvgIpc) is 3.40. The molecule has 3 rings (SSSR count). The van der Waals surface area contributed by atoms with Gasteiger partial charge < -0.3 is 19.5 Å². The number of benzene rings is 1. The third kappa shape index (κ3) is 23.3. The van der Waals surface area contributed by atoms with Crippen molar-refractivity contribution in [1.29, 1.82) is 0 Å². The largest absolute Gasteiger partial charge is 0.400 e. The van der Waals surface area contributed by atoms with Gasteiger partial charge in [-0.3, -0.25) is 0 Å². The van der Waals surface area contributed by atoms with Crippen LogP contribution in [0.25, 0.3) is 11.6 Å². The van der Waals surface area contributed by atoms with E-state index in [0.717, 1.165) is 47.1 Å². The first-order valence-corrected chi connectivity index (χ1v) is 20.7. The van der Waals surface area contributed by atoms with E-state index in [1.54, 1.807) is 19.3 Å². The molecular formula is C42H69FN2O2S4. The second-order valence-electron chi connectivity index (χ2n) is 10.3. The van der Waals surface area contributed by atoms with Crippen molar-refractivity contribution < 1.29 is 13.7 Å². The van der Waals surface area contributed by atoms with Crippen LogP contribution in [0.5, 0.6) is 0 Å². The fourth-order valence-electron chi connectivity index (χ4n) is 4.86. The molecule has 2 unspecified atom stereocenters. The molecule has 9 heteroatoms. The maximum absolute atomic E-state index is 12.6. The minimum atomic E-state index is -0.503. The Morgan fingerprint density at radius 2 is 1.82 bits per heavy atom. The predicted octanol–water partition coefficient (Wildman–Crippen LogP) is 10.9. The molecule has 2 atom stereocenters. The van der Waals surface area contributed by atoms with E-state index >= 15 is 0 Å². The normalized spacial score (nSPS) is 15.6. The Morgan fingerprint density at radius 3 is 2.37 bits per heavy atom. The highest BCUT2D eigenvalue weighted by Crippen LogP contribution is 2.38. The number of nitrogens with zero attached hydrogens (tertiary/aromatic N) is 1. The highest BCUT2D eigenvalue weighted by atomic mass is 32.2. The van der Waals surface area contributed by atoms with E-state index in [-0.39, 0.29) is 5.92 Å². The molecule has 1 aromatic carbocycles. The van der Waals surface area contributed by atoms with Crippen LogP contribution in [-0.2, 0) is 4.18 Å². The number of thiol groups is 2. The lowest BCUT2D eigenvalue weighted by Crippen LogP contribution is -2.33. The van der Waals surface area contributed by atoms with Crippen molar-refractivity contribution in [1.82, 2.24) is 10.2 Å². The average molecular weight is 781 g/mol. The first kappa shape index (κ1) is 53.3. The molecule has 0 spiro atoms. The summed E-state index contributed by atoms with van der Waals surface area (Å²) in [7, 11) is 2.71. The number of thioether (sulfide) groups is 1. The number of nitrogens with one attached hydrogen (secondary N) is 1. The number of fused-ring (bicyclic) bond motifs is 3. The molecule has 0 radical (unpaired) electrons. The van der Waals surface area contributed by atoms with Crippen LogP contribution in [0.15, 0.2) is 107 Å². The van der Waals surface area contributed by atoms with Crippen LogP contribution in [0.4, 0.5) is 4.39 Å². The predicted molar refractivity (Wildman–Crippen MR) is 240 cm³/mol. The lowest BCUT2D eigenvalue weighted by atomic mass is 9.88. The van der Waals surface area contributed by atoms with E-state index in [1.165, 1.54) is 58.0 Å². The van der Waals surface area contributed by atoms with Crippen LogP contribution >= 0.6 is 49.1 Å². The van der Waals surface area contributed by atoms with E-state index in [2.05, 4.69) is 105 Å². The Hall–Kier alpha value is -2.01. The maximum Gasteiger partial charge on any atom is 0.108 e. The highest BCUT2D eigenvalue weighted by Gasteiger charge is 2.29. The van der Waals surface area contributed by atoms with Crippen LogP contribution in [0.2, 0.25) is 0 Å². The van der Waals surface area contributed by atoms with Gasteiger partial charge in [0.05, 0.1) is 18.0 Å². The summed E-state index contributed by atoms with van der Waals surface area (Å²) in [4.78, 5) is 4.24. The minimum Gasteiger partial charge on any atom is -0.400 e. The fourth-order valence-corrected chi connectivity index (χ4v) is 6.69. The van der Waals surface area contributed by atoms with Gasteiger partial charge in [-0.25, -0.2) is 4.39 Å². The van der Waals surface area contributed by atoms with Gasteiger partial charge in [-0.2, -0.15) is 12.6 Å². The fraction of sp³-hybridized carbons (Fsp3) is 0.476. The van der Waals surface area contributed by atoms with E-state index in [0.29, 0.717) is 18.3 Å². The first-order chi connectivity index (χ1) is 24.8. The topological polar surface area (TPSA) is 44.7 Å². The maximum atomic E-state index is 12.6. The summed E-state index contributed by atoms with van der Waals surface area (Å²) in [6.45, 7) is 25.1. The second-order valence-corrected chi connectivity index (χ2v) is 13.2. The molecule has 0 aliphatic heterocycles. The van der Waals surface area contributed by atoms with E-state index < -0.39 is 6.67 Å². The summed E-state index contributed by atoms with van der Waals surface area (Å²) in [5, 5.41) is 13.9. The smallest absolute Gasteiger partial charge is 0.108 e. The first-order valence-electron chi connectivity index (χ1n) is 17.9. The van der Waals surface area contributed by atoms with Crippen molar-refractivity contribution in [2.24, 2.45) is 11.8 Å². The van der Waals surface area contributed by atoms with Crippen LogP contribution < -0.4 is 15.8 Å². The van der Waals surface area contributed by atoms with Crippen molar-refractivity contribution in [3.8, 4) is 0 Å². The molecule has 51 heavy (non-hydrogen) atoms. The Labute approximate surface area is 332 Å². The molecule has 0 heterocycles. The monoisotopic (exact) mass is 780 g/mol. The quantitative estimate of drug-likeness (QED) is 0.0468. The van der Waals surface area contributed by atoms with Crippen molar-refractivity contribution in [2.45, 2.75) is 74.7 Å². The summed E-state index contributed by atoms with van der Waals surface area (Å²) in [6, 6.07) is 8.69. The van der Waals surface area contributed by atoms with Crippen molar-refractivity contribution in [3.05, 3.63) is 117 Å². The van der Waals surface area contributed by atoms with Crippen LogP contribution in [-0.4, -0.2) is 55.6 Å². The van der Waals surface area contributed by atoms with Gasteiger partial charge in [0.1, 0.15) is 6.67 Å². The lowest BCUT2D eigenvalue weighted by Gasteiger charge is -2.34. The van der Waals surface area contributed by atoms with Crippen LogP contribution in [0.3, 0.4) is 0 Å². The standard InChI is InChI=1S/C29H37FN2OS4.C5H8.C3H8.2C2H6.CH4O/c1-21(8-6-14-30)37-28(31-20-34)13-16-32(15-7-17-36-33-3)29-26-19-23(11-12-27(29)35)18-24-9-4-5-10-25(24)22(26)2;1-3-5-4-2;1-3-2;3*1-2/h4-6,8-13,18,23,26,31,34-35H,1,7,14-17,19-20H2,2-3H3;3-5H,1H2,2H3;3H2,1-2H3;2*1-2H3;2H,1H3/b8-6-,28-13-;5-4-;;;;. The van der Waals surface area contributed by atoms with Gasteiger partial charge in [-0.15, -0.1) is 12.6 Å². The Bertz CT molecular complexity index is 1320.